The number of benzene rings is 1. The summed E-state index contributed by atoms with van der Waals surface area (Å²) in [5, 5.41) is 3.77. The van der Waals surface area contributed by atoms with Crippen molar-refractivity contribution in [3.05, 3.63) is 59.8 Å². The van der Waals surface area contributed by atoms with E-state index in [1.165, 1.54) is 5.56 Å². The van der Waals surface area contributed by atoms with Gasteiger partial charge in [-0.25, -0.2) is 0 Å². The Balaban J connectivity index is 1.40. The van der Waals surface area contributed by atoms with E-state index in [2.05, 4.69) is 34.4 Å². The van der Waals surface area contributed by atoms with Gasteiger partial charge in [-0.15, -0.1) is 0 Å². The Labute approximate surface area is 183 Å². The standard InChI is InChI=1S/C24H30N4O3/c1-19-25-21(31-26-19)10-11-22(29)28-16-7-14-24(18-28)13-5-6-15-27(23(24)30)17-12-20-8-3-2-4-9-20/h2-6,8-9H,7,10-18H2,1H3. The van der Waals surface area contributed by atoms with Gasteiger partial charge >= 0.3 is 0 Å². The second-order valence-electron chi connectivity index (χ2n) is 8.60. The molecule has 1 aromatic heterocycles. The first-order valence-electron chi connectivity index (χ1n) is 11.1. The molecule has 2 aliphatic heterocycles. The van der Waals surface area contributed by atoms with Gasteiger partial charge in [0.2, 0.25) is 17.7 Å². The highest BCUT2D eigenvalue weighted by Gasteiger charge is 2.45. The Morgan fingerprint density at radius 2 is 2.03 bits per heavy atom. The molecular formula is C24H30N4O3. The highest BCUT2D eigenvalue weighted by molar-refractivity contribution is 5.85. The van der Waals surface area contributed by atoms with Crippen LogP contribution in [-0.4, -0.2) is 57.9 Å². The molecule has 0 bridgehead atoms. The molecule has 3 heterocycles. The number of nitrogens with zero attached hydrogens (tertiary/aromatic N) is 4. The van der Waals surface area contributed by atoms with Crippen molar-refractivity contribution in [3.8, 4) is 0 Å². The van der Waals surface area contributed by atoms with E-state index in [4.69, 9.17) is 4.52 Å². The van der Waals surface area contributed by atoms with Crippen LogP contribution in [-0.2, 0) is 22.4 Å². The maximum atomic E-state index is 13.6. The van der Waals surface area contributed by atoms with Crippen molar-refractivity contribution in [1.82, 2.24) is 19.9 Å². The van der Waals surface area contributed by atoms with Crippen molar-refractivity contribution >= 4 is 11.8 Å². The Hall–Kier alpha value is -2.96. The third-order valence-electron chi connectivity index (χ3n) is 6.31. The first-order valence-corrected chi connectivity index (χ1v) is 11.1. The normalized spacial score (nSPS) is 21.5. The second-order valence-corrected chi connectivity index (χ2v) is 8.60. The van der Waals surface area contributed by atoms with Gasteiger partial charge in [-0.05, 0) is 38.2 Å². The topological polar surface area (TPSA) is 79.5 Å². The summed E-state index contributed by atoms with van der Waals surface area (Å²) >= 11 is 0. The third-order valence-corrected chi connectivity index (χ3v) is 6.31. The van der Waals surface area contributed by atoms with Crippen molar-refractivity contribution in [1.29, 1.82) is 0 Å². The molecular weight excluding hydrogens is 392 g/mol. The Morgan fingerprint density at radius 3 is 2.81 bits per heavy atom. The van der Waals surface area contributed by atoms with Gasteiger partial charge in [0.15, 0.2) is 5.82 Å². The van der Waals surface area contributed by atoms with Crippen LogP contribution in [0.3, 0.4) is 0 Å². The van der Waals surface area contributed by atoms with Crippen LogP contribution in [0, 0.1) is 12.3 Å². The number of carbonyl (C=O) groups is 2. The lowest BCUT2D eigenvalue weighted by molar-refractivity contribution is -0.148. The minimum atomic E-state index is -0.515. The molecule has 2 aromatic rings. The van der Waals surface area contributed by atoms with Crippen molar-refractivity contribution in [3.63, 3.8) is 0 Å². The number of likely N-dealkylation sites (tertiary alicyclic amines) is 1. The minimum absolute atomic E-state index is 0.0480. The number of aryl methyl sites for hydroxylation is 2. The van der Waals surface area contributed by atoms with E-state index in [9.17, 15) is 9.59 Å². The fraction of sp³-hybridized carbons (Fsp3) is 0.500. The zero-order chi connectivity index (χ0) is 21.7. The van der Waals surface area contributed by atoms with Crippen molar-refractivity contribution < 1.29 is 14.1 Å². The molecule has 2 aliphatic rings. The van der Waals surface area contributed by atoms with Gasteiger partial charge in [-0.2, -0.15) is 4.98 Å². The zero-order valence-corrected chi connectivity index (χ0v) is 18.1. The van der Waals surface area contributed by atoms with E-state index < -0.39 is 5.41 Å². The average molecular weight is 423 g/mol. The van der Waals surface area contributed by atoms with Crippen LogP contribution in [0.15, 0.2) is 47.0 Å². The summed E-state index contributed by atoms with van der Waals surface area (Å²) in [6, 6.07) is 10.3. The third kappa shape index (κ3) is 5.03. The van der Waals surface area contributed by atoms with Crippen molar-refractivity contribution in [2.75, 3.05) is 26.2 Å². The summed E-state index contributed by atoms with van der Waals surface area (Å²) in [5.41, 5.74) is 0.716. The van der Waals surface area contributed by atoms with Crippen molar-refractivity contribution in [2.24, 2.45) is 5.41 Å². The minimum Gasteiger partial charge on any atom is -0.342 e. The lowest BCUT2D eigenvalue weighted by Gasteiger charge is -2.43. The van der Waals surface area contributed by atoms with Crippen molar-refractivity contribution in [2.45, 2.75) is 45.4 Å². The highest BCUT2D eigenvalue weighted by atomic mass is 16.5. The van der Waals surface area contributed by atoms with Gasteiger partial charge in [0.1, 0.15) is 0 Å². The van der Waals surface area contributed by atoms with E-state index in [0.29, 0.717) is 57.2 Å². The van der Waals surface area contributed by atoms with Gasteiger partial charge in [-0.3, -0.25) is 9.59 Å². The summed E-state index contributed by atoms with van der Waals surface area (Å²) in [7, 11) is 0. The molecule has 7 nitrogen and oxygen atoms in total. The fourth-order valence-corrected chi connectivity index (χ4v) is 4.62. The molecule has 1 saturated heterocycles. The van der Waals surface area contributed by atoms with Crippen LogP contribution >= 0.6 is 0 Å². The molecule has 0 N–H and O–H groups in total. The van der Waals surface area contributed by atoms with Crippen LogP contribution in [0.5, 0.6) is 0 Å². The van der Waals surface area contributed by atoms with Crippen LogP contribution in [0.2, 0.25) is 0 Å². The number of rotatable bonds is 6. The molecule has 0 saturated carbocycles. The lowest BCUT2D eigenvalue weighted by Crippen LogP contribution is -2.54. The molecule has 0 radical (unpaired) electrons. The zero-order valence-electron chi connectivity index (χ0n) is 18.1. The van der Waals surface area contributed by atoms with Gasteiger partial charge in [0, 0.05) is 39.0 Å². The lowest BCUT2D eigenvalue weighted by atomic mass is 9.76. The summed E-state index contributed by atoms with van der Waals surface area (Å²) in [6.45, 7) is 4.28. The van der Waals surface area contributed by atoms with Crippen LogP contribution in [0.25, 0.3) is 0 Å². The summed E-state index contributed by atoms with van der Waals surface area (Å²) in [6.07, 6.45) is 8.16. The molecule has 7 heteroatoms. The largest absolute Gasteiger partial charge is 0.342 e. The van der Waals surface area contributed by atoms with Gasteiger partial charge in [0.25, 0.3) is 0 Å². The second kappa shape index (κ2) is 9.45. The maximum absolute atomic E-state index is 13.6. The summed E-state index contributed by atoms with van der Waals surface area (Å²) in [5.74, 6) is 1.29. The maximum Gasteiger partial charge on any atom is 0.231 e. The Bertz CT molecular complexity index is 939. The van der Waals surface area contributed by atoms with Gasteiger partial charge in [-0.1, -0.05) is 47.6 Å². The Morgan fingerprint density at radius 1 is 1.19 bits per heavy atom. The van der Waals surface area contributed by atoms with Gasteiger partial charge < -0.3 is 14.3 Å². The summed E-state index contributed by atoms with van der Waals surface area (Å²) < 4.78 is 5.12. The monoisotopic (exact) mass is 422 g/mol. The molecule has 1 unspecified atom stereocenters. The van der Waals surface area contributed by atoms with E-state index in [0.717, 1.165) is 19.3 Å². The molecule has 4 rings (SSSR count). The number of carbonyl (C=O) groups excluding carboxylic acids is 2. The molecule has 1 fully saturated rings. The van der Waals surface area contributed by atoms with E-state index in [-0.39, 0.29) is 11.8 Å². The first kappa shape index (κ1) is 21.3. The number of piperidine rings is 1. The first-order chi connectivity index (χ1) is 15.1. The molecule has 164 valence electrons. The number of allylic oxidation sites excluding steroid dienone is 1. The van der Waals surface area contributed by atoms with Crippen LogP contribution in [0.1, 0.15) is 43.0 Å². The highest BCUT2D eigenvalue weighted by Crippen LogP contribution is 2.37. The Kier molecular flexibility index (Phi) is 6.49. The fourth-order valence-electron chi connectivity index (χ4n) is 4.62. The molecule has 2 amide bonds. The molecule has 31 heavy (non-hydrogen) atoms. The molecule has 1 aromatic carbocycles. The smallest absolute Gasteiger partial charge is 0.231 e. The molecule has 1 atom stereocenters. The quantitative estimate of drug-likeness (QED) is 0.669. The number of aromatic nitrogens is 2. The average Bonchev–Trinajstić information content (AvgIpc) is 3.16. The SMILES string of the molecule is Cc1noc(CCC(=O)N2CCCC3(CC=CCN(CCc4ccccc4)C3=O)C2)n1. The molecule has 0 aliphatic carbocycles. The number of amides is 2. The summed E-state index contributed by atoms with van der Waals surface area (Å²) in [4.78, 5) is 34.5. The van der Waals surface area contributed by atoms with Crippen LogP contribution in [0.4, 0.5) is 0 Å². The van der Waals surface area contributed by atoms with Crippen LogP contribution < -0.4 is 0 Å². The number of hydrogen-bond acceptors (Lipinski definition) is 5. The molecule has 1 spiro atoms. The van der Waals surface area contributed by atoms with E-state index in [1.54, 1.807) is 6.92 Å². The van der Waals surface area contributed by atoms with Gasteiger partial charge in [0.05, 0.1) is 5.41 Å². The number of hydrogen-bond donors (Lipinski definition) is 0. The van der Waals surface area contributed by atoms with E-state index in [1.807, 2.05) is 28.0 Å². The predicted octanol–water partition coefficient (Wildman–Crippen LogP) is 2.95. The predicted molar refractivity (Wildman–Crippen MR) is 116 cm³/mol. The van der Waals surface area contributed by atoms with E-state index >= 15 is 0 Å².